The Bertz CT molecular complexity index is 1160. The summed E-state index contributed by atoms with van der Waals surface area (Å²) in [6.45, 7) is 5.01. The fraction of sp³-hybridized carbons (Fsp3) is 0.440. The number of nitrogens with one attached hydrogen (secondary N) is 1. The Hall–Kier alpha value is -2.71. The highest BCUT2D eigenvalue weighted by Crippen LogP contribution is 2.35. The van der Waals surface area contributed by atoms with Crippen molar-refractivity contribution < 1.29 is 18.0 Å². The minimum absolute atomic E-state index is 0.226. The first-order valence-electron chi connectivity index (χ1n) is 11.5. The highest BCUT2D eigenvalue weighted by molar-refractivity contribution is 7.89. The van der Waals surface area contributed by atoms with Gasteiger partial charge in [0, 0.05) is 38.7 Å². The van der Waals surface area contributed by atoms with E-state index in [1.165, 1.54) is 27.3 Å². The third-order valence-corrected chi connectivity index (χ3v) is 8.48. The van der Waals surface area contributed by atoms with Crippen LogP contribution in [0.1, 0.15) is 42.9 Å². The summed E-state index contributed by atoms with van der Waals surface area (Å²) in [5.41, 5.74) is 3.66. The van der Waals surface area contributed by atoms with Crippen LogP contribution >= 0.6 is 0 Å². The minimum atomic E-state index is -3.58. The average molecular weight is 470 g/mol. The molecule has 2 aliphatic rings. The van der Waals surface area contributed by atoms with Crippen LogP contribution in [-0.2, 0) is 32.5 Å². The summed E-state index contributed by atoms with van der Waals surface area (Å²) in [5.74, 6) is -0.463. The quantitative estimate of drug-likeness (QED) is 0.705. The van der Waals surface area contributed by atoms with Gasteiger partial charge in [-0.05, 0) is 61.1 Å². The van der Waals surface area contributed by atoms with Crippen molar-refractivity contribution in [3.8, 4) is 0 Å². The first kappa shape index (κ1) is 23.4. The lowest BCUT2D eigenvalue weighted by molar-refractivity contribution is -0.125. The molecule has 0 aromatic heterocycles. The van der Waals surface area contributed by atoms with Crippen molar-refractivity contribution in [2.24, 2.45) is 0 Å². The van der Waals surface area contributed by atoms with Crippen molar-refractivity contribution in [1.29, 1.82) is 0 Å². The van der Waals surface area contributed by atoms with E-state index >= 15 is 0 Å². The molecule has 2 amide bonds. The van der Waals surface area contributed by atoms with Gasteiger partial charge >= 0.3 is 0 Å². The maximum Gasteiger partial charge on any atom is 0.243 e. The van der Waals surface area contributed by atoms with Crippen molar-refractivity contribution in [2.75, 3.05) is 24.5 Å². The number of aryl methyl sites for hydroxylation is 1. The highest BCUT2D eigenvalue weighted by Gasteiger charge is 2.38. The van der Waals surface area contributed by atoms with E-state index in [1.807, 2.05) is 31.2 Å². The molecule has 2 aliphatic heterocycles. The van der Waals surface area contributed by atoms with E-state index in [1.54, 1.807) is 18.2 Å². The molecule has 1 saturated heterocycles. The Balaban J connectivity index is 1.49. The van der Waals surface area contributed by atoms with E-state index in [0.717, 1.165) is 19.3 Å². The molecule has 0 aliphatic carbocycles. The SMILES string of the molecule is CC(=O)N1c2ccc(S(=O)(=O)N3CCCCC3)cc2C[C@@H]1C(=O)NCCc1ccccc1C. The van der Waals surface area contributed by atoms with Gasteiger partial charge in [-0.15, -0.1) is 0 Å². The Morgan fingerprint density at radius 1 is 1.06 bits per heavy atom. The van der Waals surface area contributed by atoms with Crippen LogP contribution < -0.4 is 10.2 Å². The monoisotopic (exact) mass is 469 g/mol. The van der Waals surface area contributed by atoms with E-state index in [0.29, 0.717) is 43.7 Å². The van der Waals surface area contributed by atoms with Crippen LogP contribution in [0.2, 0.25) is 0 Å². The van der Waals surface area contributed by atoms with Crippen LogP contribution in [-0.4, -0.2) is 50.2 Å². The molecule has 0 unspecified atom stereocenters. The third-order valence-electron chi connectivity index (χ3n) is 6.58. The van der Waals surface area contributed by atoms with Crippen molar-refractivity contribution in [2.45, 2.75) is 56.9 Å². The Morgan fingerprint density at radius 2 is 1.79 bits per heavy atom. The topological polar surface area (TPSA) is 86.8 Å². The number of rotatable bonds is 6. The molecular formula is C25H31N3O4S. The molecule has 0 radical (unpaired) electrons. The standard InChI is InChI=1S/C25H31N3O4S/c1-18-8-4-5-9-20(18)12-13-26-25(30)24-17-21-16-22(10-11-23(21)28(24)19(2)29)33(31,32)27-14-6-3-7-15-27/h4-5,8-11,16,24H,3,6-7,12-15,17H2,1-2H3,(H,26,30)/t24-/m1/s1. The number of sulfonamides is 1. The van der Waals surface area contributed by atoms with Gasteiger partial charge in [0.15, 0.2) is 0 Å². The van der Waals surface area contributed by atoms with Crippen molar-refractivity contribution >= 4 is 27.5 Å². The molecule has 1 fully saturated rings. The molecule has 2 aromatic rings. The van der Waals surface area contributed by atoms with Crippen LogP contribution in [0.4, 0.5) is 5.69 Å². The second-order valence-corrected chi connectivity index (χ2v) is 10.8. The van der Waals surface area contributed by atoms with Gasteiger partial charge in [0.05, 0.1) is 4.90 Å². The van der Waals surface area contributed by atoms with Gasteiger partial charge in [0.2, 0.25) is 21.8 Å². The predicted molar refractivity (Wildman–Crippen MR) is 128 cm³/mol. The Labute approximate surface area is 195 Å². The van der Waals surface area contributed by atoms with E-state index in [9.17, 15) is 18.0 Å². The maximum absolute atomic E-state index is 13.1. The smallest absolute Gasteiger partial charge is 0.243 e. The predicted octanol–water partition coefficient (Wildman–Crippen LogP) is 2.81. The summed E-state index contributed by atoms with van der Waals surface area (Å²) in [5, 5.41) is 2.96. The van der Waals surface area contributed by atoms with Crippen LogP contribution in [0.5, 0.6) is 0 Å². The number of hydrogen-bond acceptors (Lipinski definition) is 4. The molecule has 33 heavy (non-hydrogen) atoms. The maximum atomic E-state index is 13.1. The van der Waals surface area contributed by atoms with Crippen LogP contribution in [0.15, 0.2) is 47.4 Å². The van der Waals surface area contributed by atoms with Gasteiger partial charge in [-0.25, -0.2) is 8.42 Å². The van der Waals surface area contributed by atoms with Crippen molar-refractivity contribution in [1.82, 2.24) is 9.62 Å². The number of amides is 2. The molecule has 1 atom stereocenters. The number of fused-ring (bicyclic) bond motifs is 1. The summed E-state index contributed by atoms with van der Waals surface area (Å²) in [7, 11) is -3.58. The molecule has 7 nitrogen and oxygen atoms in total. The summed E-state index contributed by atoms with van der Waals surface area (Å²) < 4.78 is 27.7. The van der Waals surface area contributed by atoms with E-state index in [2.05, 4.69) is 5.32 Å². The van der Waals surface area contributed by atoms with Crippen LogP contribution in [0.3, 0.4) is 0 Å². The second kappa shape index (κ2) is 9.65. The molecule has 176 valence electrons. The first-order chi connectivity index (χ1) is 15.8. The largest absolute Gasteiger partial charge is 0.354 e. The fourth-order valence-corrected chi connectivity index (χ4v) is 6.34. The van der Waals surface area contributed by atoms with Gasteiger partial charge in [0.1, 0.15) is 6.04 Å². The number of carbonyl (C=O) groups excluding carboxylic acids is 2. The lowest BCUT2D eigenvalue weighted by atomic mass is 10.1. The number of nitrogens with zero attached hydrogens (tertiary/aromatic N) is 2. The fourth-order valence-electron chi connectivity index (χ4n) is 4.77. The molecule has 0 saturated carbocycles. The molecule has 8 heteroatoms. The average Bonchev–Trinajstić information content (AvgIpc) is 3.20. The molecule has 4 rings (SSSR count). The van der Waals surface area contributed by atoms with Gasteiger partial charge in [-0.3, -0.25) is 14.5 Å². The number of piperidine rings is 1. The zero-order valence-electron chi connectivity index (χ0n) is 19.2. The van der Waals surface area contributed by atoms with Gasteiger partial charge in [-0.1, -0.05) is 30.7 Å². The van der Waals surface area contributed by atoms with Gasteiger partial charge in [-0.2, -0.15) is 4.31 Å². The molecule has 0 bridgehead atoms. The number of anilines is 1. The van der Waals surface area contributed by atoms with Gasteiger partial charge in [0.25, 0.3) is 0 Å². The summed E-state index contributed by atoms with van der Waals surface area (Å²) in [6, 6.07) is 12.2. The van der Waals surface area contributed by atoms with Crippen molar-refractivity contribution in [3.63, 3.8) is 0 Å². The van der Waals surface area contributed by atoms with Crippen LogP contribution in [0.25, 0.3) is 0 Å². The first-order valence-corrected chi connectivity index (χ1v) is 13.0. The molecule has 1 N–H and O–H groups in total. The number of carbonyl (C=O) groups is 2. The lowest BCUT2D eigenvalue weighted by Crippen LogP contribution is -2.47. The summed E-state index contributed by atoms with van der Waals surface area (Å²) in [4.78, 5) is 27.1. The lowest BCUT2D eigenvalue weighted by Gasteiger charge is -2.26. The minimum Gasteiger partial charge on any atom is -0.354 e. The van der Waals surface area contributed by atoms with Crippen LogP contribution in [0, 0.1) is 6.92 Å². The van der Waals surface area contributed by atoms with Gasteiger partial charge < -0.3 is 5.32 Å². The van der Waals surface area contributed by atoms with E-state index < -0.39 is 16.1 Å². The second-order valence-electron chi connectivity index (χ2n) is 8.83. The number of benzene rings is 2. The molecule has 0 spiro atoms. The van der Waals surface area contributed by atoms with Crippen molar-refractivity contribution in [3.05, 3.63) is 59.2 Å². The third kappa shape index (κ3) is 4.82. The van der Waals surface area contributed by atoms with E-state index in [-0.39, 0.29) is 16.7 Å². The summed E-state index contributed by atoms with van der Waals surface area (Å²) in [6.07, 6.45) is 3.79. The molecule has 2 heterocycles. The Morgan fingerprint density at radius 3 is 2.48 bits per heavy atom. The molecular weight excluding hydrogens is 438 g/mol. The molecule has 2 aromatic carbocycles. The summed E-state index contributed by atoms with van der Waals surface area (Å²) >= 11 is 0. The van der Waals surface area contributed by atoms with E-state index in [4.69, 9.17) is 0 Å². The number of hydrogen-bond donors (Lipinski definition) is 1. The highest BCUT2D eigenvalue weighted by atomic mass is 32.2. The zero-order valence-corrected chi connectivity index (χ0v) is 20.0. The Kier molecular flexibility index (Phi) is 6.86. The normalized spacial score (nSPS) is 18.7. The zero-order chi connectivity index (χ0) is 23.6.